The average molecular weight is 529 g/mol. The summed E-state index contributed by atoms with van der Waals surface area (Å²) in [7, 11) is 0. The fourth-order valence-electron chi connectivity index (χ4n) is 5.12. The summed E-state index contributed by atoms with van der Waals surface area (Å²) >= 11 is 0. The largest absolute Gasteiger partial charge is 0.451 e. The Morgan fingerprint density at radius 3 is 2.37 bits per heavy atom. The minimum Gasteiger partial charge on any atom is -0.378 e. The molecule has 0 bridgehead atoms. The van der Waals surface area contributed by atoms with Crippen LogP contribution in [0.3, 0.4) is 0 Å². The molecule has 2 aromatic heterocycles. The zero-order valence-electron chi connectivity index (χ0n) is 21.1. The number of carbonyl (C=O) groups is 1. The van der Waals surface area contributed by atoms with E-state index in [2.05, 4.69) is 25.1 Å². The molecule has 1 aromatic carbocycles. The summed E-state index contributed by atoms with van der Waals surface area (Å²) in [5, 5.41) is 3.76. The van der Waals surface area contributed by atoms with E-state index in [0.717, 1.165) is 68.6 Å². The molecular weight excluding hydrogens is 497 g/mol. The third kappa shape index (κ3) is 6.05. The quantitative estimate of drug-likeness (QED) is 0.513. The van der Waals surface area contributed by atoms with Gasteiger partial charge >= 0.3 is 6.18 Å². The SMILES string of the molecule is O=C(NCC(c1cnc(C(F)(F)F)nc1)N1CCCCCC1)c1cccc2nc(N3CCOCC3)ccc12. The number of hydrogen-bond donors (Lipinski definition) is 1. The maximum atomic E-state index is 13.4. The summed E-state index contributed by atoms with van der Waals surface area (Å²) in [5.74, 6) is -0.578. The fourth-order valence-corrected chi connectivity index (χ4v) is 5.12. The smallest absolute Gasteiger partial charge is 0.378 e. The van der Waals surface area contributed by atoms with Gasteiger partial charge in [-0.25, -0.2) is 15.0 Å². The van der Waals surface area contributed by atoms with E-state index in [-0.39, 0.29) is 18.5 Å². The molecule has 8 nitrogen and oxygen atoms in total. The topological polar surface area (TPSA) is 83.5 Å². The monoisotopic (exact) mass is 528 g/mol. The lowest BCUT2D eigenvalue weighted by molar-refractivity contribution is -0.145. The van der Waals surface area contributed by atoms with Crippen molar-refractivity contribution in [1.82, 2.24) is 25.2 Å². The first kappa shape index (κ1) is 26.3. The maximum Gasteiger partial charge on any atom is 0.451 e. The van der Waals surface area contributed by atoms with Crippen molar-refractivity contribution in [3.8, 4) is 0 Å². The summed E-state index contributed by atoms with van der Waals surface area (Å²) in [6.45, 7) is 4.67. The summed E-state index contributed by atoms with van der Waals surface area (Å²) in [6, 6.07) is 8.96. The molecule has 1 N–H and O–H groups in total. The van der Waals surface area contributed by atoms with Crippen molar-refractivity contribution in [1.29, 1.82) is 0 Å². The third-order valence-electron chi connectivity index (χ3n) is 7.14. The van der Waals surface area contributed by atoms with Gasteiger partial charge in [0.1, 0.15) is 5.82 Å². The van der Waals surface area contributed by atoms with Crippen LogP contribution in [0.15, 0.2) is 42.7 Å². The lowest BCUT2D eigenvalue weighted by Gasteiger charge is -2.31. The van der Waals surface area contributed by atoms with E-state index in [0.29, 0.717) is 24.3 Å². The lowest BCUT2D eigenvalue weighted by Crippen LogP contribution is -2.39. The van der Waals surface area contributed by atoms with Gasteiger partial charge in [0.15, 0.2) is 0 Å². The van der Waals surface area contributed by atoms with E-state index >= 15 is 0 Å². The van der Waals surface area contributed by atoms with Gasteiger partial charge in [-0.2, -0.15) is 13.2 Å². The number of fused-ring (bicyclic) bond motifs is 1. The van der Waals surface area contributed by atoms with Gasteiger partial charge in [-0.15, -0.1) is 0 Å². The van der Waals surface area contributed by atoms with E-state index in [1.165, 1.54) is 12.4 Å². The Morgan fingerprint density at radius 2 is 1.68 bits per heavy atom. The Labute approximate surface area is 219 Å². The normalized spacial score (nSPS) is 18.2. The standard InChI is InChI=1S/C27H31F3N6O2/c28-27(29,30)26-32-16-19(17-33-26)23(35-10-3-1-2-4-11-35)18-31-25(37)21-6-5-7-22-20(21)8-9-24(34-22)36-12-14-38-15-13-36/h5-9,16-17,23H,1-4,10-15,18H2,(H,31,37). The number of pyridine rings is 1. The minimum absolute atomic E-state index is 0.225. The van der Waals surface area contributed by atoms with Gasteiger partial charge in [0.2, 0.25) is 5.82 Å². The molecule has 0 aliphatic carbocycles. The third-order valence-corrected chi connectivity index (χ3v) is 7.14. The number of benzene rings is 1. The molecule has 1 atom stereocenters. The first-order valence-electron chi connectivity index (χ1n) is 13.0. The Kier molecular flexibility index (Phi) is 8.04. The summed E-state index contributed by atoms with van der Waals surface area (Å²) in [4.78, 5) is 29.6. The maximum absolute atomic E-state index is 13.4. The number of carbonyl (C=O) groups excluding carboxylic acids is 1. The second-order valence-electron chi connectivity index (χ2n) is 9.65. The van der Waals surface area contributed by atoms with Crippen LogP contribution in [0.4, 0.5) is 19.0 Å². The van der Waals surface area contributed by atoms with Gasteiger partial charge in [0.25, 0.3) is 5.91 Å². The lowest BCUT2D eigenvalue weighted by atomic mass is 10.1. The molecule has 11 heteroatoms. The number of hydrogen-bond acceptors (Lipinski definition) is 7. The molecule has 2 aliphatic heterocycles. The van der Waals surface area contributed by atoms with Crippen LogP contribution in [0.5, 0.6) is 0 Å². The van der Waals surface area contributed by atoms with Crippen LogP contribution in [0.1, 0.15) is 53.5 Å². The molecule has 2 saturated heterocycles. The number of morpholine rings is 1. The van der Waals surface area contributed by atoms with Crippen molar-refractivity contribution >= 4 is 22.6 Å². The molecule has 1 amide bonds. The van der Waals surface area contributed by atoms with Crippen LogP contribution < -0.4 is 10.2 Å². The predicted molar refractivity (Wildman–Crippen MR) is 137 cm³/mol. The number of likely N-dealkylation sites (tertiary alicyclic amines) is 1. The van der Waals surface area contributed by atoms with Crippen LogP contribution in [0.25, 0.3) is 10.9 Å². The molecule has 38 heavy (non-hydrogen) atoms. The second-order valence-corrected chi connectivity index (χ2v) is 9.65. The molecule has 2 fully saturated rings. The van der Waals surface area contributed by atoms with E-state index in [9.17, 15) is 18.0 Å². The van der Waals surface area contributed by atoms with Crippen molar-refractivity contribution in [2.24, 2.45) is 0 Å². The van der Waals surface area contributed by atoms with Gasteiger partial charge in [-0.1, -0.05) is 18.9 Å². The van der Waals surface area contributed by atoms with Crippen molar-refractivity contribution in [2.75, 3.05) is 50.8 Å². The molecule has 0 spiro atoms. The molecule has 5 rings (SSSR count). The Balaban J connectivity index is 1.35. The minimum atomic E-state index is -4.60. The number of alkyl halides is 3. The van der Waals surface area contributed by atoms with Crippen molar-refractivity contribution < 1.29 is 22.7 Å². The summed E-state index contributed by atoms with van der Waals surface area (Å²) in [6.07, 6.45) is 2.05. The zero-order valence-corrected chi connectivity index (χ0v) is 21.1. The Morgan fingerprint density at radius 1 is 0.974 bits per heavy atom. The van der Waals surface area contributed by atoms with Crippen molar-refractivity contribution in [3.05, 3.63) is 59.7 Å². The van der Waals surface area contributed by atoms with Crippen molar-refractivity contribution in [2.45, 2.75) is 37.9 Å². The molecule has 1 unspecified atom stereocenters. The highest BCUT2D eigenvalue weighted by Gasteiger charge is 2.35. The number of aromatic nitrogens is 3. The molecule has 4 heterocycles. The molecule has 3 aromatic rings. The number of rotatable bonds is 6. The number of amides is 1. The van der Waals surface area contributed by atoms with Gasteiger partial charge in [0.05, 0.1) is 24.8 Å². The molecular formula is C27H31F3N6O2. The predicted octanol–water partition coefficient (Wildman–Crippen LogP) is 4.23. The van der Waals surface area contributed by atoms with Gasteiger partial charge in [0, 0.05) is 48.5 Å². The fraction of sp³-hybridized carbons (Fsp3) is 0.481. The first-order valence-corrected chi connectivity index (χ1v) is 13.0. The number of anilines is 1. The van der Waals surface area contributed by atoms with E-state index in [1.807, 2.05) is 24.3 Å². The second kappa shape index (κ2) is 11.6. The zero-order chi connectivity index (χ0) is 26.5. The molecule has 2 aliphatic rings. The molecule has 0 saturated carbocycles. The van der Waals surface area contributed by atoms with E-state index in [1.54, 1.807) is 6.07 Å². The highest BCUT2D eigenvalue weighted by molar-refractivity contribution is 6.06. The van der Waals surface area contributed by atoms with E-state index in [4.69, 9.17) is 9.72 Å². The van der Waals surface area contributed by atoms with Crippen molar-refractivity contribution in [3.63, 3.8) is 0 Å². The summed E-state index contributed by atoms with van der Waals surface area (Å²) < 4.78 is 44.5. The summed E-state index contributed by atoms with van der Waals surface area (Å²) in [5.41, 5.74) is 1.78. The van der Waals surface area contributed by atoms with Gasteiger partial charge in [-0.3, -0.25) is 9.69 Å². The van der Waals surface area contributed by atoms with Gasteiger partial charge < -0.3 is 15.0 Å². The Bertz CT molecular complexity index is 1240. The number of ether oxygens (including phenoxy) is 1. The highest BCUT2D eigenvalue weighted by atomic mass is 19.4. The molecule has 0 radical (unpaired) electrons. The van der Waals surface area contributed by atoms with Crippen LogP contribution in [-0.2, 0) is 10.9 Å². The van der Waals surface area contributed by atoms with Gasteiger partial charge in [-0.05, 0) is 50.2 Å². The number of halogens is 3. The van der Waals surface area contributed by atoms with Crippen LogP contribution in [0, 0.1) is 0 Å². The first-order chi connectivity index (χ1) is 18.4. The van der Waals surface area contributed by atoms with Crippen LogP contribution >= 0.6 is 0 Å². The Hall–Kier alpha value is -3.31. The number of nitrogens with one attached hydrogen (secondary N) is 1. The average Bonchev–Trinajstić information content (AvgIpc) is 3.22. The van der Waals surface area contributed by atoms with Crippen LogP contribution in [0.2, 0.25) is 0 Å². The number of nitrogens with zero attached hydrogens (tertiary/aromatic N) is 5. The van der Waals surface area contributed by atoms with Crippen LogP contribution in [-0.4, -0.2) is 71.7 Å². The van der Waals surface area contributed by atoms with E-state index < -0.39 is 12.0 Å². The molecule has 202 valence electrons. The highest BCUT2D eigenvalue weighted by Crippen LogP contribution is 2.28.